The molecule has 0 saturated heterocycles. The second-order valence-corrected chi connectivity index (χ2v) is 10.4. The second kappa shape index (κ2) is 11.6. The molecule has 0 atom stereocenters. The normalized spacial score (nSPS) is 12.7. The molecule has 0 aromatic heterocycles. The molecule has 1 aliphatic rings. The van der Waals surface area contributed by atoms with E-state index in [0.29, 0.717) is 0 Å². The van der Waals surface area contributed by atoms with Crippen LogP contribution in [0.1, 0.15) is 27.8 Å². The van der Waals surface area contributed by atoms with Crippen molar-refractivity contribution in [2.45, 2.75) is 5.60 Å². The molecule has 43 heavy (non-hydrogen) atoms. The summed E-state index contributed by atoms with van der Waals surface area (Å²) < 4.78 is 6.85. The molecule has 0 N–H and O–H groups in total. The second-order valence-electron chi connectivity index (χ2n) is 10.4. The predicted octanol–water partition coefficient (Wildman–Crippen LogP) is 9.91. The lowest BCUT2D eigenvalue weighted by atomic mass is 9.83. The summed E-state index contributed by atoms with van der Waals surface area (Å²) in [6.07, 6.45) is 4.31. The van der Waals surface area contributed by atoms with Crippen molar-refractivity contribution in [2.75, 3.05) is 4.90 Å². The maximum atomic E-state index is 6.85. The van der Waals surface area contributed by atoms with Gasteiger partial charge >= 0.3 is 0 Å². The number of hydrogen-bond donors (Lipinski definition) is 0. The number of hydrogen-bond acceptors (Lipinski definition) is 2. The maximum absolute atomic E-state index is 6.85. The fourth-order valence-corrected chi connectivity index (χ4v) is 5.61. The van der Waals surface area contributed by atoms with E-state index in [1.54, 1.807) is 0 Å². The first-order chi connectivity index (χ1) is 21.3. The largest absolute Gasteiger partial charge is 0.473 e. The zero-order chi connectivity index (χ0) is 28.9. The number of ether oxygens (including phenoxy) is 1. The van der Waals surface area contributed by atoms with E-state index in [0.717, 1.165) is 50.6 Å². The van der Waals surface area contributed by atoms with Crippen molar-refractivity contribution >= 4 is 23.1 Å². The summed E-state index contributed by atoms with van der Waals surface area (Å²) in [6, 6.07) is 56.1. The summed E-state index contributed by atoms with van der Waals surface area (Å²) in [5, 5.41) is 0. The minimum atomic E-state index is -0.708. The number of benzene rings is 6. The van der Waals surface area contributed by atoms with Crippen LogP contribution in [-0.2, 0) is 5.60 Å². The Bertz CT molecular complexity index is 1840. The van der Waals surface area contributed by atoms with Gasteiger partial charge in [0.05, 0.1) is 0 Å². The molecule has 1 aliphatic heterocycles. The summed E-state index contributed by atoms with van der Waals surface area (Å²) in [4.78, 5) is 2.25. The molecule has 2 nitrogen and oxygen atoms in total. The third-order valence-electron chi connectivity index (χ3n) is 7.72. The van der Waals surface area contributed by atoms with E-state index in [4.69, 9.17) is 4.74 Å². The SMILES string of the molecule is C(#Cc1cccc2c1C=CC(c1ccccc1)(c1ccccc1)O2)c1ccc(N(c2ccccc2)c2ccccc2)cc1. The summed E-state index contributed by atoms with van der Waals surface area (Å²) in [6.45, 7) is 0. The lowest BCUT2D eigenvalue weighted by Gasteiger charge is -2.36. The molecule has 7 rings (SSSR count). The van der Waals surface area contributed by atoms with E-state index in [1.807, 2.05) is 36.4 Å². The fourth-order valence-electron chi connectivity index (χ4n) is 5.61. The van der Waals surface area contributed by atoms with E-state index in [2.05, 4.69) is 156 Å². The van der Waals surface area contributed by atoms with Crippen molar-refractivity contribution in [2.24, 2.45) is 0 Å². The van der Waals surface area contributed by atoms with Crippen LogP contribution in [0.2, 0.25) is 0 Å². The van der Waals surface area contributed by atoms with Gasteiger partial charge in [-0.15, -0.1) is 0 Å². The molecule has 1 heterocycles. The van der Waals surface area contributed by atoms with Gasteiger partial charge in [-0.05, 0) is 72.8 Å². The van der Waals surface area contributed by atoms with Crippen LogP contribution < -0.4 is 9.64 Å². The smallest absolute Gasteiger partial charge is 0.178 e. The Kier molecular flexibility index (Phi) is 7.06. The van der Waals surface area contributed by atoms with Gasteiger partial charge in [-0.25, -0.2) is 0 Å². The van der Waals surface area contributed by atoms with Crippen LogP contribution in [0.4, 0.5) is 17.1 Å². The first kappa shape index (κ1) is 26.1. The average molecular weight is 552 g/mol. The van der Waals surface area contributed by atoms with Gasteiger partial charge in [0.15, 0.2) is 5.60 Å². The molecule has 6 aromatic carbocycles. The Hall–Kier alpha value is -5.78. The summed E-state index contributed by atoms with van der Waals surface area (Å²) in [7, 11) is 0. The lowest BCUT2D eigenvalue weighted by Crippen LogP contribution is -2.34. The zero-order valence-corrected chi connectivity index (χ0v) is 23.6. The molecular formula is C41H29NO. The van der Waals surface area contributed by atoms with Crippen LogP contribution in [0.15, 0.2) is 170 Å². The highest BCUT2D eigenvalue weighted by atomic mass is 16.5. The van der Waals surface area contributed by atoms with E-state index < -0.39 is 5.60 Å². The van der Waals surface area contributed by atoms with Gasteiger partial charge in [-0.1, -0.05) is 115 Å². The molecule has 0 amide bonds. The Morgan fingerprint density at radius 2 is 0.977 bits per heavy atom. The van der Waals surface area contributed by atoms with Crippen LogP contribution in [0.3, 0.4) is 0 Å². The van der Waals surface area contributed by atoms with E-state index >= 15 is 0 Å². The number of fused-ring (bicyclic) bond motifs is 1. The van der Waals surface area contributed by atoms with E-state index in [-0.39, 0.29) is 0 Å². The minimum Gasteiger partial charge on any atom is -0.473 e. The number of para-hydroxylation sites is 2. The molecular weight excluding hydrogens is 522 g/mol. The predicted molar refractivity (Wildman–Crippen MR) is 177 cm³/mol. The summed E-state index contributed by atoms with van der Waals surface area (Å²) in [5.41, 5.74) is 7.63. The quantitative estimate of drug-likeness (QED) is 0.198. The van der Waals surface area contributed by atoms with Crippen molar-refractivity contribution < 1.29 is 4.74 Å². The van der Waals surface area contributed by atoms with Gasteiger partial charge in [-0.2, -0.15) is 0 Å². The number of anilines is 3. The Morgan fingerprint density at radius 1 is 0.465 bits per heavy atom. The summed E-state index contributed by atoms with van der Waals surface area (Å²) >= 11 is 0. The molecule has 0 radical (unpaired) electrons. The molecule has 0 spiro atoms. The lowest BCUT2D eigenvalue weighted by molar-refractivity contribution is 0.161. The summed E-state index contributed by atoms with van der Waals surface area (Å²) in [5.74, 6) is 7.61. The van der Waals surface area contributed by atoms with E-state index in [1.165, 1.54) is 0 Å². The Labute approximate surface area is 253 Å². The first-order valence-corrected chi connectivity index (χ1v) is 14.4. The van der Waals surface area contributed by atoms with Gasteiger partial charge in [-0.3, -0.25) is 0 Å². The first-order valence-electron chi connectivity index (χ1n) is 14.4. The fraction of sp³-hybridized carbons (Fsp3) is 0.0244. The van der Waals surface area contributed by atoms with E-state index in [9.17, 15) is 0 Å². The Balaban J connectivity index is 1.20. The van der Waals surface area contributed by atoms with Gasteiger partial charge in [0.25, 0.3) is 0 Å². The maximum Gasteiger partial charge on any atom is 0.178 e. The third kappa shape index (κ3) is 5.21. The highest BCUT2D eigenvalue weighted by molar-refractivity contribution is 5.77. The topological polar surface area (TPSA) is 12.5 Å². The van der Waals surface area contributed by atoms with Crippen molar-refractivity contribution in [1.82, 2.24) is 0 Å². The van der Waals surface area contributed by atoms with Crippen LogP contribution in [0.5, 0.6) is 5.75 Å². The molecule has 2 heteroatoms. The zero-order valence-electron chi connectivity index (χ0n) is 23.6. The molecule has 204 valence electrons. The highest BCUT2D eigenvalue weighted by Gasteiger charge is 2.37. The van der Waals surface area contributed by atoms with Gasteiger partial charge in [0.2, 0.25) is 0 Å². The van der Waals surface area contributed by atoms with Crippen molar-refractivity contribution in [3.63, 3.8) is 0 Å². The molecule has 0 aliphatic carbocycles. The minimum absolute atomic E-state index is 0.708. The van der Waals surface area contributed by atoms with Crippen molar-refractivity contribution in [1.29, 1.82) is 0 Å². The van der Waals surface area contributed by atoms with Crippen molar-refractivity contribution in [3.8, 4) is 17.6 Å². The van der Waals surface area contributed by atoms with Crippen LogP contribution in [0.25, 0.3) is 6.08 Å². The monoisotopic (exact) mass is 551 g/mol. The van der Waals surface area contributed by atoms with Crippen molar-refractivity contribution in [3.05, 3.63) is 198 Å². The standard InChI is InChI=1S/C41H29NO/c1-5-15-34(16-6-1)41(35-17-7-2-8-18-35)31-30-39-33(14-13-23-40(39)43-41)27-24-32-25-28-38(29-26-32)42(36-19-9-3-10-20-36)37-21-11-4-12-22-37/h1-23,25-26,28-31H. The number of nitrogens with zero attached hydrogens (tertiary/aromatic N) is 1. The molecule has 0 saturated carbocycles. The van der Waals surface area contributed by atoms with Crippen LogP contribution in [0, 0.1) is 11.8 Å². The number of rotatable bonds is 5. The molecule has 0 bridgehead atoms. The third-order valence-corrected chi connectivity index (χ3v) is 7.72. The molecule has 0 fully saturated rings. The van der Waals surface area contributed by atoms with Gasteiger partial charge < -0.3 is 9.64 Å². The molecule has 6 aromatic rings. The van der Waals surface area contributed by atoms with Gasteiger partial charge in [0.1, 0.15) is 5.75 Å². The Morgan fingerprint density at radius 3 is 1.53 bits per heavy atom. The average Bonchev–Trinajstić information content (AvgIpc) is 3.09. The van der Waals surface area contributed by atoms with Crippen LogP contribution in [-0.4, -0.2) is 0 Å². The molecule has 0 unspecified atom stereocenters. The van der Waals surface area contributed by atoms with Gasteiger partial charge in [0, 0.05) is 44.9 Å². The highest BCUT2D eigenvalue weighted by Crippen LogP contribution is 2.42. The van der Waals surface area contributed by atoms with Crippen LogP contribution >= 0.6 is 0 Å².